The molecule has 2 aromatic rings. The van der Waals surface area contributed by atoms with Gasteiger partial charge in [-0.3, -0.25) is 4.79 Å². The Bertz CT molecular complexity index is 743. The molecule has 1 aromatic carbocycles. The summed E-state index contributed by atoms with van der Waals surface area (Å²) in [7, 11) is 2.12. The van der Waals surface area contributed by atoms with Crippen LogP contribution in [0.25, 0.3) is 10.1 Å². The number of thiophene rings is 1. The Morgan fingerprint density at radius 1 is 1.39 bits per heavy atom. The minimum Gasteiger partial charge on any atom is -0.396 e. The first-order chi connectivity index (χ1) is 11.1. The van der Waals surface area contributed by atoms with Crippen LogP contribution in [0.1, 0.15) is 16.8 Å². The Morgan fingerprint density at radius 2 is 2.26 bits per heavy atom. The molecule has 4 rings (SSSR count). The van der Waals surface area contributed by atoms with E-state index >= 15 is 0 Å². The largest absolute Gasteiger partial charge is 0.396 e. The smallest absolute Gasteiger partial charge is 0.253 e. The maximum atomic E-state index is 12.9. The van der Waals surface area contributed by atoms with E-state index in [4.69, 9.17) is 0 Å². The van der Waals surface area contributed by atoms with Gasteiger partial charge in [-0.05, 0) is 61.0 Å². The summed E-state index contributed by atoms with van der Waals surface area (Å²) in [6.07, 6.45) is 0.970. The van der Waals surface area contributed by atoms with Crippen LogP contribution in [-0.2, 0) is 0 Å². The van der Waals surface area contributed by atoms with Crippen molar-refractivity contribution >= 4 is 27.3 Å². The van der Waals surface area contributed by atoms with E-state index in [-0.39, 0.29) is 17.9 Å². The monoisotopic (exact) mass is 330 g/mol. The minimum atomic E-state index is -0.103. The van der Waals surface area contributed by atoms with E-state index in [0.29, 0.717) is 12.5 Å². The fraction of sp³-hybridized carbons (Fsp3) is 0.500. The number of amides is 1. The molecule has 2 aliphatic rings. The molecule has 5 heteroatoms. The molecule has 0 bridgehead atoms. The second-order valence-electron chi connectivity index (χ2n) is 7.09. The molecule has 23 heavy (non-hydrogen) atoms. The fourth-order valence-corrected chi connectivity index (χ4v) is 4.92. The summed E-state index contributed by atoms with van der Waals surface area (Å²) in [4.78, 5) is 17.2. The molecule has 0 saturated carbocycles. The predicted molar refractivity (Wildman–Crippen MR) is 92.9 cm³/mol. The van der Waals surface area contributed by atoms with Crippen molar-refractivity contribution in [2.24, 2.45) is 11.3 Å². The average molecular weight is 330 g/mol. The molecule has 0 unspecified atom stereocenters. The SMILES string of the molecule is CN1CC[C@@]2(CO)CN(C(=O)c3ccc4sccc4c3)C[C@H]2C1. The number of carbonyl (C=O) groups is 1. The van der Waals surface area contributed by atoms with Crippen LogP contribution in [-0.4, -0.2) is 60.6 Å². The molecule has 1 N–H and O–H groups in total. The first-order valence-electron chi connectivity index (χ1n) is 8.17. The second-order valence-corrected chi connectivity index (χ2v) is 8.04. The molecule has 122 valence electrons. The summed E-state index contributed by atoms with van der Waals surface area (Å²) < 4.78 is 1.21. The number of hydrogen-bond acceptors (Lipinski definition) is 4. The van der Waals surface area contributed by atoms with Gasteiger partial charge in [0.2, 0.25) is 0 Å². The third-order valence-electron chi connectivity index (χ3n) is 5.64. The summed E-state index contributed by atoms with van der Waals surface area (Å²) in [6.45, 7) is 3.58. The van der Waals surface area contributed by atoms with Crippen molar-refractivity contribution in [3.05, 3.63) is 35.2 Å². The molecule has 0 radical (unpaired) electrons. The number of likely N-dealkylation sites (tertiary alicyclic amines) is 2. The third-order valence-corrected chi connectivity index (χ3v) is 6.54. The van der Waals surface area contributed by atoms with Crippen LogP contribution < -0.4 is 0 Å². The predicted octanol–water partition coefficient (Wildman–Crippen LogP) is 2.29. The van der Waals surface area contributed by atoms with Crippen LogP contribution in [0.15, 0.2) is 29.6 Å². The number of piperidine rings is 1. The highest BCUT2D eigenvalue weighted by molar-refractivity contribution is 7.17. The van der Waals surface area contributed by atoms with E-state index in [2.05, 4.69) is 23.4 Å². The van der Waals surface area contributed by atoms with Crippen LogP contribution in [0.5, 0.6) is 0 Å². The average Bonchev–Trinajstić information content (AvgIpc) is 3.17. The van der Waals surface area contributed by atoms with E-state index in [1.807, 2.05) is 23.1 Å². The number of rotatable bonds is 2. The van der Waals surface area contributed by atoms with Crippen molar-refractivity contribution in [2.75, 3.05) is 39.8 Å². The third kappa shape index (κ3) is 2.47. The van der Waals surface area contributed by atoms with E-state index in [9.17, 15) is 9.90 Å². The number of aliphatic hydroxyl groups is 1. The maximum absolute atomic E-state index is 12.9. The molecule has 2 saturated heterocycles. The molecule has 1 amide bonds. The van der Waals surface area contributed by atoms with Gasteiger partial charge in [0.1, 0.15) is 0 Å². The Morgan fingerprint density at radius 3 is 3.09 bits per heavy atom. The molecule has 2 fully saturated rings. The first-order valence-corrected chi connectivity index (χ1v) is 9.05. The van der Waals surface area contributed by atoms with Gasteiger partial charge in [0, 0.05) is 35.3 Å². The zero-order valence-corrected chi connectivity index (χ0v) is 14.2. The van der Waals surface area contributed by atoms with E-state index in [1.54, 1.807) is 11.3 Å². The number of hydrogen-bond donors (Lipinski definition) is 1. The number of fused-ring (bicyclic) bond motifs is 2. The van der Waals surface area contributed by atoms with Gasteiger partial charge >= 0.3 is 0 Å². The molecular weight excluding hydrogens is 308 g/mol. The molecule has 0 spiro atoms. The van der Waals surface area contributed by atoms with Crippen LogP contribution in [0.4, 0.5) is 0 Å². The van der Waals surface area contributed by atoms with E-state index in [0.717, 1.165) is 37.0 Å². The Labute approximate surface area is 140 Å². The lowest BCUT2D eigenvalue weighted by Crippen LogP contribution is -2.47. The number of nitrogens with zero attached hydrogens (tertiary/aromatic N) is 2. The van der Waals surface area contributed by atoms with Gasteiger partial charge in [0.25, 0.3) is 5.91 Å². The zero-order chi connectivity index (χ0) is 16.0. The van der Waals surface area contributed by atoms with Crippen LogP contribution >= 0.6 is 11.3 Å². The standard InChI is InChI=1S/C18H22N2O2S/c1-19-6-5-18(12-21)11-20(10-15(18)9-19)17(22)14-2-3-16-13(8-14)4-7-23-16/h2-4,7-8,15,21H,5-6,9-12H2,1H3/t15-,18+/m1/s1. The molecule has 4 nitrogen and oxygen atoms in total. The molecule has 3 heterocycles. The summed E-state index contributed by atoms with van der Waals surface area (Å²) in [6, 6.07) is 8.02. The highest BCUT2D eigenvalue weighted by atomic mass is 32.1. The number of benzene rings is 1. The van der Waals surface area contributed by atoms with Crippen LogP contribution in [0.2, 0.25) is 0 Å². The lowest BCUT2D eigenvalue weighted by Gasteiger charge is -2.40. The van der Waals surface area contributed by atoms with Gasteiger partial charge in [-0.15, -0.1) is 11.3 Å². The van der Waals surface area contributed by atoms with E-state index in [1.165, 1.54) is 4.70 Å². The van der Waals surface area contributed by atoms with Crippen molar-refractivity contribution in [2.45, 2.75) is 6.42 Å². The van der Waals surface area contributed by atoms with Crippen molar-refractivity contribution in [3.8, 4) is 0 Å². The quantitative estimate of drug-likeness (QED) is 0.919. The van der Waals surface area contributed by atoms with Crippen LogP contribution in [0.3, 0.4) is 0 Å². The highest BCUT2D eigenvalue weighted by Crippen LogP contribution is 2.42. The Kier molecular flexibility index (Phi) is 3.67. The second kappa shape index (κ2) is 5.58. The molecule has 2 aliphatic heterocycles. The molecule has 1 aromatic heterocycles. The Hall–Kier alpha value is -1.43. The minimum absolute atomic E-state index is 0.1000. The molecule has 0 aliphatic carbocycles. The summed E-state index contributed by atoms with van der Waals surface area (Å²) in [5, 5.41) is 13.2. The summed E-state index contributed by atoms with van der Waals surface area (Å²) in [5.41, 5.74) is 0.658. The van der Waals surface area contributed by atoms with Gasteiger partial charge in [0.15, 0.2) is 0 Å². The number of aliphatic hydroxyl groups excluding tert-OH is 1. The maximum Gasteiger partial charge on any atom is 0.253 e. The normalized spacial score (nSPS) is 28.3. The van der Waals surface area contributed by atoms with Crippen molar-refractivity contribution in [3.63, 3.8) is 0 Å². The van der Waals surface area contributed by atoms with E-state index < -0.39 is 0 Å². The van der Waals surface area contributed by atoms with Gasteiger partial charge in [0.05, 0.1) is 6.61 Å². The Balaban J connectivity index is 1.59. The van der Waals surface area contributed by atoms with Crippen molar-refractivity contribution < 1.29 is 9.90 Å². The van der Waals surface area contributed by atoms with Crippen LogP contribution in [0, 0.1) is 11.3 Å². The molecule has 2 atom stereocenters. The summed E-state index contributed by atoms with van der Waals surface area (Å²) in [5.74, 6) is 0.475. The van der Waals surface area contributed by atoms with Crippen molar-refractivity contribution in [1.29, 1.82) is 0 Å². The van der Waals surface area contributed by atoms with Gasteiger partial charge in [-0.2, -0.15) is 0 Å². The highest BCUT2D eigenvalue weighted by Gasteiger charge is 2.49. The zero-order valence-electron chi connectivity index (χ0n) is 13.4. The first kappa shape index (κ1) is 15.1. The summed E-state index contributed by atoms with van der Waals surface area (Å²) >= 11 is 1.70. The lowest BCUT2D eigenvalue weighted by molar-refractivity contribution is 0.0277. The topological polar surface area (TPSA) is 43.8 Å². The van der Waals surface area contributed by atoms with Gasteiger partial charge in [-0.1, -0.05) is 0 Å². The van der Waals surface area contributed by atoms with Crippen molar-refractivity contribution in [1.82, 2.24) is 9.80 Å². The van der Waals surface area contributed by atoms with Gasteiger partial charge in [-0.25, -0.2) is 0 Å². The van der Waals surface area contributed by atoms with Gasteiger partial charge < -0.3 is 14.9 Å². The number of carbonyl (C=O) groups excluding carboxylic acids is 1. The molecular formula is C18H22N2O2S. The lowest BCUT2D eigenvalue weighted by atomic mass is 9.73. The fourth-order valence-electron chi connectivity index (χ4n) is 4.14.